The van der Waals surface area contributed by atoms with Gasteiger partial charge in [0.25, 0.3) is 0 Å². The number of amides is 1. The lowest BCUT2D eigenvalue weighted by Gasteiger charge is -2.34. The SMILES string of the molecule is CC(C)N1C[C@H]2CC[C@H](C2)C1=O. The molecule has 2 aliphatic rings. The van der Waals surface area contributed by atoms with Crippen LogP contribution < -0.4 is 0 Å². The molecule has 2 rings (SSSR count). The fraction of sp³-hybridized carbons (Fsp3) is 0.900. The molecule has 0 unspecified atom stereocenters. The first-order valence-electron chi connectivity index (χ1n) is 4.99. The van der Waals surface area contributed by atoms with Crippen molar-refractivity contribution in [3.63, 3.8) is 0 Å². The Balaban J connectivity index is 2.13. The molecule has 68 valence electrons. The number of hydrogen-bond donors (Lipinski definition) is 0. The van der Waals surface area contributed by atoms with E-state index < -0.39 is 0 Å². The van der Waals surface area contributed by atoms with Crippen molar-refractivity contribution in [2.45, 2.75) is 39.2 Å². The van der Waals surface area contributed by atoms with Gasteiger partial charge < -0.3 is 4.90 Å². The van der Waals surface area contributed by atoms with E-state index in [0.717, 1.165) is 18.9 Å². The summed E-state index contributed by atoms with van der Waals surface area (Å²) in [6.07, 6.45) is 3.59. The van der Waals surface area contributed by atoms with Crippen LogP contribution in [0.25, 0.3) is 0 Å². The van der Waals surface area contributed by atoms with E-state index in [2.05, 4.69) is 18.7 Å². The van der Waals surface area contributed by atoms with Gasteiger partial charge in [-0.1, -0.05) is 0 Å². The summed E-state index contributed by atoms with van der Waals surface area (Å²) < 4.78 is 0. The highest BCUT2D eigenvalue weighted by Gasteiger charge is 2.39. The molecule has 1 heterocycles. The molecule has 0 aromatic heterocycles. The molecule has 0 N–H and O–H groups in total. The maximum absolute atomic E-state index is 11.8. The Labute approximate surface area is 73.9 Å². The summed E-state index contributed by atoms with van der Waals surface area (Å²) in [5.41, 5.74) is 0. The van der Waals surface area contributed by atoms with Gasteiger partial charge in [-0.3, -0.25) is 4.79 Å². The van der Waals surface area contributed by atoms with E-state index in [-0.39, 0.29) is 0 Å². The van der Waals surface area contributed by atoms with Crippen molar-refractivity contribution >= 4 is 5.91 Å². The Morgan fingerprint density at radius 2 is 2.17 bits per heavy atom. The molecule has 0 radical (unpaired) electrons. The van der Waals surface area contributed by atoms with Crippen molar-refractivity contribution in [3.05, 3.63) is 0 Å². The predicted molar refractivity (Wildman–Crippen MR) is 47.7 cm³/mol. The van der Waals surface area contributed by atoms with Gasteiger partial charge in [-0.05, 0) is 39.0 Å². The standard InChI is InChI=1S/C10H17NO/c1-7(2)11-6-8-3-4-9(5-8)10(11)12/h7-9H,3-6H2,1-2H3/t8-,9+/m0/s1. The Morgan fingerprint density at radius 1 is 1.42 bits per heavy atom. The highest BCUT2D eigenvalue weighted by atomic mass is 16.2. The minimum Gasteiger partial charge on any atom is -0.340 e. The third kappa shape index (κ3) is 1.13. The minimum absolute atomic E-state index is 0.381. The Hall–Kier alpha value is -0.530. The lowest BCUT2D eigenvalue weighted by atomic mass is 9.97. The molecule has 2 bridgehead atoms. The van der Waals surface area contributed by atoms with Crippen LogP contribution in [0.3, 0.4) is 0 Å². The molecule has 2 atom stereocenters. The van der Waals surface area contributed by atoms with E-state index in [1.54, 1.807) is 0 Å². The molecule has 0 aromatic rings. The molecular formula is C10H17NO. The first-order valence-corrected chi connectivity index (χ1v) is 4.99. The van der Waals surface area contributed by atoms with Crippen molar-refractivity contribution in [2.75, 3.05) is 6.54 Å². The number of carbonyl (C=O) groups is 1. The zero-order valence-corrected chi connectivity index (χ0v) is 7.92. The first kappa shape index (κ1) is 8.09. The second kappa shape index (κ2) is 2.75. The third-order valence-corrected chi connectivity index (χ3v) is 3.25. The molecule has 1 aliphatic carbocycles. The molecule has 2 nitrogen and oxygen atoms in total. The average Bonchev–Trinajstić information content (AvgIpc) is 2.41. The van der Waals surface area contributed by atoms with Crippen LogP contribution in [0.15, 0.2) is 0 Å². The monoisotopic (exact) mass is 167 g/mol. The van der Waals surface area contributed by atoms with Gasteiger partial charge in [-0.25, -0.2) is 0 Å². The van der Waals surface area contributed by atoms with Crippen molar-refractivity contribution in [1.82, 2.24) is 4.90 Å². The Kier molecular flexibility index (Phi) is 1.85. The van der Waals surface area contributed by atoms with E-state index in [0.29, 0.717) is 17.9 Å². The summed E-state index contributed by atoms with van der Waals surface area (Å²) in [5.74, 6) is 1.61. The van der Waals surface area contributed by atoms with Gasteiger partial charge in [0.1, 0.15) is 0 Å². The fourth-order valence-corrected chi connectivity index (χ4v) is 2.53. The van der Waals surface area contributed by atoms with Crippen LogP contribution in [-0.2, 0) is 4.79 Å². The lowest BCUT2D eigenvalue weighted by molar-refractivity contribution is -0.139. The van der Waals surface area contributed by atoms with Gasteiger partial charge in [-0.2, -0.15) is 0 Å². The number of likely N-dealkylation sites (tertiary alicyclic amines) is 1. The zero-order valence-electron chi connectivity index (χ0n) is 7.92. The van der Waals surface area contributed by atoms with E-state index in [1.807, 2.05) is 0 Å². The summed E-state index contributed by atoms with van der Waals surface area (Å²) in [4.78, 5) is 13.8. The second-order valence-electron chi connectivity index (χ2n) is 4.46. The van der Waals surface area contributed by atoms with Gasteiger partial charge in [0.2, 0.25) is 5.91 Å². The maximum Gasteiger partial charge on any atom is 0.225 e. The number of fused-ring (bicyclic) bond motifs is 2. The van der Waals surface area contributed by atoms with E-state index >= 15 is 0 Å². The molecule has 2 heteroatoms. The highest BCUT2D eigenvalue weighted by molar-refractivity contribution is 5.80. The van der Waals surface area contributed by atoms with E-state index in [1.165, 1.54) is 12.8 Å². The first-order chi connectivity index (χ1) is 5.68. The third-order valence-electron chi connectivity index (χ3n) is 3.25. The molecular weight excluding hydrogens is 150 g/mol. The quantitative estimate of drug-likeness (QED) is 0.581. The Bertz CT molecular complexity index is 200. The average molecular weight is 167 g/mol. The highest BCUT2D eigenvalue weighted by Crippen LogP contribution is 2.37. The molecule has 12 heavy (non-hydrogen) atoms. The molecule has 0 aromatic carbocycles. The van der Waals surface area contributed by atoms with Crippen LogP contribution in [0.1, 0.15) is 33.1 Å². The Morgan fingerprint density at radius 3 is 2.83 bits per heavy atom. The molecule has 1 amide bonds. The largest absolute Gasteiger partial charge is 0.340 e. The van der Waals surface area contributed by atoms with Crippen LogP contribution in [0.4, 0.5) is 0 Å². The zero-order chi connectivity index (χ0) is 8.72. The topological polar surface area (TPSA) is 20.3 Å². The smallest absolute Gasteiger partial charge is 0.225 e. The number of piperidine rings is 1. The van der Waals surface area contributed by atoms with Crippen molar-refractivity contribution in [1.29, 1.82) is 0 Å². The fourth-order valence-electron chi connectivity index (χ4n) is 2.53. The van der Waals surface area contributed by atoms with Gasteiger partial charge in [0.15, 0.2) is 0 Å². The number of carbonyl (C=O) groups excluding carboxylic acids is 1. The van der Waals surface area contributed by atoms with Crippen LogP contribution in [0, 0.1) is 11.8 Å². The van der Waals surface area contributed by atoms with Crippen LogP contribution in [-0.4, -0.2) is 23.4 Å². The van der Waals surface area contributed by atoms with Crippen LogP contribution in [0.5, 0.6) is 0 Å². The normalized spacial score (nSPS) is 34.9. The molecule has 1 saturated carbocycles. The summed E-state index contributed by atoms with van der Waals surface area (Å²) in [7, 11) is 0. The van der Waals surface area contributed by atoms with Crippen molar-refractivity contribution in [3.8, 4) is 0 Å². The molecule has 0 spiro atoms. The predicted octanol–water partition coefficient (Wildman–Crippen LogP) is 1.65. The second-order valence-corrected chi connectivity index (χ2v) is 4.46. The van der Waals surface area contributed by atoms with Crippen LogP contribution >= 0.6 is 0 Å². The van der Waals surface area contributed by atoms with E-state index in [9.17, 15) is 4.79 Å². The van der Waals surface area contributed by atoms with Gasteiger partial charge in [-0.15, -0.1) is 0 Å². The van der Waals surface area contributed by atoms with Crippen molar-refractivity contribution < 1.29 is 4.79 Å². The van der Waals surface area contributed by atoms with Crippen molar-refractivity contribution in [2.24, 2.45) is 11.8 Å². The number of hydrogen-bond acceptors (Lipinski definition) is 1. The maximum atomic E-state index is 11.8. The van der Waals surface area contributed by atoms with Gasteiger partial charge in [0, 0.05) is 18.5 Å². The summed E-state index contributed by atoms with van der Waals surface area (Å²) in [6.45, 7) is 5.25. The van der Waals surface area contributed by atoms with Crippen LogP contribution in [0.2, 0.25) is 0 Å². The van der Waals surface area contributed by atoms with E-state index in [4.69, 9.17) is 0 Å². The lowest BCUT2D eigenvalue weighted by Crippen LogP contribution is -2.45. The molecule has 1 aliphatic heterocycles. The van der Waals surface area contributed by atoms with Gasteiger partial charge in [0.05, 0.1) is 0 Å². The molecule has 1 saturated heterocycles. The van der Waals surface area contributed by atoms with Gasteiger partial charge >= 0.3 is 0 Å². The summed E-state index contributed by atoms with van der Waals surface area (Å²) >= 11 is 0. The minimum atomic E-state index is 0.381. The summed E-state index contributed by atoms with van der Waals surface area (Å²) in [6, 6.07) is 0.404. The summed E-state index contributed by atoms with van der Waals surface area (Å²) in [5, 5.41) is 0. The number of nitrogens with zero attached hydrogens (tertiary/aromatic N) is 1. The number of rotatable bonds is 1. The molecule has 2 fully saturated rings.